The Bertz CT molecular complexity index is 403. The SMILES string of the molecule is CI=CCC[C@@H](c1cccc(O)c1)[C@@H](C)CN(C)C. The maximum Gasteiger partial charge on any atom is 0.115 e. The molecule has 0 aliphatic heterocycles. The van der Waals surface area contributed by atoms with Gasteiger partial charge in [0.25, 0.3) is 0 Å². The molecule has 1 aromatic rings. The Morgan fingerprint density at radius 1 is 1.37 bits per heavy atom. The maximum atomic E-state index is 9.68. The Morgan fingerprint density at radius 3 is 2.68 bits per heavy atom. The molecule has 1 rings (SSSR count). The summed E-state index contributed by atoms with van der Waals surface area (Å²) in [7, 11) is 4.25. The van der Waals surface area contributed by atoms with Crippen LogP contribution >= 0.6 is 20.7 Å². The zero-order chi connectivity index (χ0) is 14.3. The highest BCUT2D eigenvalue weighted by Gasteiger charge is 2.19. The van der Waals surface area contributed by atoms with Gasteiger partial charge in [-0.15, -0.1) is 20.7 Å². The summed E-state index contributed by atoms with van der Waals surface area (Å²) in [5.74, 6) is 1.51. The summed E-state index contributed by atoms with van der Waals surface area (Å²) in [6, 6.07) is 7.78. The number of halogens is 1. The smallest absolute Gasteiger partial charge is 0.115 e. The molecule has 0 bridgehead atoms. The van der Waals surface area contributed by atoms with Crippen LogP contribution in [0, 0.1) is 5.92 Å². The fourth-order valence-electron chi connectivity index (χ4n) is 2.59. The van der Waals surface area contributed by atoms with Gasteiger partial charge in [0, 0.05) is 6.54 Å². The van der Waals surface area contributed by atoms with Gasteiger partial charge in [0.05, 0.1) is 0 Å². The van der Waals surface area contributed by atoms with Gasteiger partial charge in [-0.25, -0.2) is 0 Å². The number of benzene rings is 1. The van der Waals surface area contributed by atoms with E-state index in [-0.39, 0.29) is 20.7 Å². The van der Waals surface area contributed by atoms with Crippen LogP contribution in [0.5, 0.6) is 5.75 Å². The van der Waals surface area contributed by atoms with E-state index in [9.17, 15) is 5.11 Å². The maximum absolute atomic E-state index is 9.68. The largest absolute Gasteiger partial charge is 0.508 e. The third kappa shape index (κ3) is 6.04. The van der Waals surface area contributed by atoms with E-state index in [0.29, 0.717) is 17.6 Å². The molecule has 0 fully saturated rings. The minimum Gasteiger partial charge on any atom is -0.508 e. The number of hydrogen-bond donors (Lipinski definition) is 1. The van der Waals surface area contributed by atoms with Crippen molar-refractivity contribution in [2.24, 2.45) is 5.92 Å². The lowest BCUT2D eigenvalue weighted by atomic mass is 9.83. The first kappa shape index (κ1) is 16.6. The quantitative estimate of drug-likeness (QED) is 0.578. The fraction of sp³-hybridized carbons (Fsp3) is 0.562. The molecule has 2 atom stereocenters. The molecule has 3 heteroatoms. The van der Waals surface area contributed by atoms with Crippen molar-refractivity contribution in [3.8, 4) is 5.75 Å². The van der Waals surface area contributed by atoms with Crippen LogP contribution in [0.25, 0.3) is 0 Å². The average Bonchev–Trinajstić information content (AvgIpc) is 2.33. The molecular weight excluding hydrogens is 349 g/mol. The summed E-state index contributed by atoms with van der Waals surface area (Å²) in [6.07, 6.45) is 2.38. The van der Waals surface area contributed by atoms with Gasteiger partial charge in [0.2, 0.25) is 0 Å². The second-order valence-corrected chi connectivity index (χ2v) is 7.52. The molecule has 0 saturated heterocycles. The Hall–Kier alpha value is -0.420. The zero-order valence-corrected chi connectivity index (χ0v) is 14.6. The Balaban J connectivity index is 2.84. The van der Waals surface area contributed by atoms with Crippen LogP contribution in [0.15, 0.2) is 24.3 Å². The lowest BCUT2D eigenvalue weighted by Gasteiger charge is -2.27. The second kappa shape index (κ2) is 8.69. The van der Waals surface area contributed by atoms with Gasteiger partial charge < -0.3 is 10.0 Å². The van der Waals surface area contributed by atoms with Crippen molar-refractivity contribution in [1.82, 2.24) is 4.90 Å². The first-order chi connectivity index (χ1) is 9.04. The highest BCUT2D eigenvalue weighted by molar-refractivity contribution is 14.2. The number of alkyl halides is 1. The fourth-order valence-corrected chi connectivity index (χ4v) is 3.57. The monoisotopic (exact) mass is 375 g/mol. The Kier molecular flexibility index (Phi) is 7.61. The van der Waals surface area contributed by atoms with Crippen molar-refractivity contribution < 1.29 is 5.11 Å². The topological polar surface area (TPSA) is 23.5 Å². The van der Waals surface area contributed by atoms with Crippen LogP contribution in [0.3, 0.4) is 0 Å². The molecule has 0 aliphatic rings. The van der Waals surface area contributed by atoms with Crippen LogP contribution < -0.4 is 0 Å². The molecule has 0 amide bonds. The molecule has 0 aromatic heterocycles. The summed E-state index contributed by atoms with van der Waals surface area (Å²) < 4.78 is 2.46. The Labute approximate surface area is 127 Å². The van der Waals surface area contributed by atoms with Gasteiger partial charge in [-0.2, -0.15) is 0 Å². The first-order valence-corrected chi connectivity index (χ1v) is 10.2. The summed E-state index contributed by atoms with van der Waals surface area (Å²) in [6.45, 7) is 3.40. The van der Waals surface area contributed by atoms with Gasteiger partial charge in [-0.3, -0.25) is 0 Å². The zero-order valence-electron chi connectivity index (χ0n) is 12.4. The minimum absolute atomic E-state index is 0.277. The summed E-state index contributed by atoms with van der Waals surface area (Å²) in [5, 5.41) is 9.68. The highest BCUT2D eigenvalue weighted by atomic mass is 127. The average molecular weight is 375 g/mol. The summed E-state index contributed by atoms with van der Waals surface area (Å²) >= 11 is 0.277. The van der Waals surface area contributed by atoms with Crippen LogP contribution in [0.1, 0.15) is 31.2 Å². The third-order valence-electron chi connectivity index (χ3n) is 3.38. The normalized spacial score (nSPS) is 15.4. The van der Waals surface area contributed by atoms with Crippen molar-refractivity contribution in [3.63, 3.8) is 0 Å². The second-order valence-electron chi connectivity index (χ2n) is 5.39. The molecule has 1 N–H and O–H groups in total. The Morgan fingerprint density at radius 2 is 2.11 bits per heavy atom. The van der Waals surface area contributed by atoms with Crippen LogP contribution in [-0.4, -0.2) is 39.6 Å². The lowest BCUT2D eigenvalue weighted by Crippen LogP contribution is -2.24. The van der Waals surface area contributed by atoms with Gasteiger partial charge in [-0.05, 0) is 61.4 Å². The number of phenolic OH excluding ortho intramolecular Hbond substituents is 1. The molecule has 19 heavy (non-hydrogen) atoms. The van der Waals surface area contributed by atoms with E-state index in [1.807, 2.05) is 12.1 Å². The van der Waals surface area contributed by atoms with Crippen molar-refractivity contribution in [3.05, 3.63) is 29.8 Å². The summed E-state index contributed by atoms with van der Waals surface area (Å²) in [4.78, 5) is 4.54. The lowest BCUT2D eigenvalue weighted by molar-refractivity contribution is 0.299. The van der Waals surface area contributed by atoms with E-state index in [2.05, 4.69) is 40.9 Å². The number of phenols is 1. The predicted octanol–water partition coefficient (Wildman–Crippen LogP) is 3.86. The van der Waals surface area contributed by atoms with E-state index < -0.39 is 0 Å². The van der Waals surface area contributed by atoms with Crippen LogP contribution in [0.2, 0.25) is 0 Å². The molecule has 0 radical (unpaired) electrons. The van der Waals surface area contributed by atoms with Crippen molar-refractivity contribution in [2.75, 3.05) is 25.6 Å². The first-order valence-electron chi connectivity index (χ1n) is 6.78. The molecule has 0 spiro atoms. The molecule has 2 nitrogen and oxygen atoms in total. The molecule has 0 unspecified atom stereocenters. The van der Waals surface area contributed by atoms with Gasteiger partial charge in [0.1, 0.15) is 5.75 Å². The number of hydrogen-bond acceptors (Lipinski definition) is 2. The van der Waals surface area contributed by atoms with Crippen LogP contribution in [0.4, 0.5) is 0 Å². The van der Waals surface area contributed by atoms with E-state index in [4.69, 9.17) is 0 Å². The molecule has 0 aliphatic carbocycles. The van der Waals surface area contributed by atoms with Crippen molar-refractivity contribution in [1.29, 1.82) is 0 Å². The van der Waals surface area contributed by atoms with E-state index in [1.54, 1.807) is 6.07 Å². The van der Waals surface area contributed by atoms with E-state index in [1.165, 1.54) is 18.4 Å². The van der Waals surface area contributed by atoms with Crippen molar-refractivity contribution >= 4 is 24.7 Å². The highest BCUT2D eigenvalue weighted by Crippen LogP contribution is 2.31. The molecule has 108 valence electrons. The van der Waals surface area contributed by atoms with E-state index in [0.717, 1.165) is 6.54 Å². The molecule has 0 saturated carbocycles. The molecular formula is C16H26INO. The number of nitrogens with zero attached hydrogens (tertiary/aromatic N) is 1. The molecule has 1 aromatic carbocycles. The third-order valence-corrected chi connectivity index (χ3v) is 4.88. The number of aromatic hydroxyl groups is 1. The van der Waals surface area contributed by atoms with Gasteiger partial charge in [0.15, 0.2) is 0 Å². The van der Waals surface area contributed by atoms with Gasteiger partial charge in [-0.1, -0.05) is 23.1 Å². The number of rotatable bonds is 7. The predicted molar refractivity (Wildman–Crippen MR) is 93.8 cm³/mol. The van der Waals surface area contributed by atoms with Crippen molar-refractivity contribution in [2.45, 2.75) is 25.7 Å². The van der Waals surface area contributed by atoms with Crippen LogP contribution in [-0.2, 0) is 0 Å². The van der Waals surface area contributed by atoms with E-state index >= 15 is 0 Å². The molecule has 0 heterocycles. The minimum atomic E-state index is 0.277. The van der Waals surface area contributed by atoms with Gasteiger partial charge >= 0.3 is 0 Å². The summed E-state index contributed by atoms with van der Waals surface area (Å²) in [5.41, 5.74) is 1.28. The standard InChI is InChI=1S/C16H26INO/c1-13(12-18(3)4)16(9-6-10-17-2)14-7-5-8-15(19)11-14/h5,7-8,10-11,13,16,19H,6,9,12H2,1-4H3/t13-,16+/m0/s1.